The van der Waals surface area contributed by atoms with Crippen LogP contribution in [-0.2, 0) is 32.6 Å². The average molecular weight is 591 g/mol. The van der Waals surface area contributed by atoms with Crippen molar-refractivity contribution >= 4 is 38.9 Å². The molecule has 0 saturated carbocycles. The summed E-state index contributed by atoms with van der Waals surface area (Å²) in [6.45, 7) is 1.05. The van der Waals surface area contributed by atoms with Gasteiger partial charge in [-0.25, -0.2) is 18.7 Å². The zero-order valence-electron chi connectivity index (χ0n) is 22.8. The molecular weight excluding hydrogens is 559 g/mol. The molecule has 0 aliphatic carbocycles. The lowest BCUT2D eigenvalue weighted by Gasteiger charge is -2.23. The molecule has 0 unspecified atom stereocenters. The van der Waals surface area contributed by atoms with E-state index in [0.29, 0.717) is 37.0 Å². The van der Waals surface area contributed by atoms with Crippen LogP contribution in [0.25, 0.3) is 11.0 Å². The number of anilines is 1. The van der Waals surface area contributed by atoms with Gasteiger partial charge in [0.05, 0.1) is 12.1 Å². The van der Waals surface area contributed by atoms with E-state index in [1.54, 1.807) is 6.07 Å². The largest absolute Gasteiger partial charge is 0.422 e. The first-order valence-electron chi connectivity index (χ1n) is 12.8. The first-order chi connectivity index (χ1) is 19.5. The second kappa shape index (κ2) is 12.7. The van der Waals surface area contributed by atoms with Gasteiger partial charge in [0.1, 0.15) is 11.3 Å². The molecule has 2 heterocycles. The molecule has 3 aromatic rings. The van der Waals surface area contributed by atoms with Crippen molar-refractivity contribution in [3.63, 3.8) is 0 Å². The Morgan fingerprint density at radius 3 is 2.54 bits per heavy atom. The third-order valence-corrected chi connectivity index (χ3v) is 7.57. The minimum absolute atomic E-state index is 0.00979. The predicted molar refractivity (Wildman–Crippen MR) is 149 cm³/mol. The maximum absolute atomic E-state index is 15.4. The smallest absolute Gasteiger partial charge is 0.414 e. The van der Waals surface area contributed by atoms with E-state index < -0.39 is 27.7 Å². The molecule has 12 nitrogen and oxygen atoms in total. The van der Waals surface area contributed by atoms with Crippen molar-refractivity contribution in [2.75, 3.05) is 39.1 Å². The summed E-state index contributed by atoms with van der Waals surface area (Å²) >= 11 is 0. The summed E-state index contributed by atoms with van der Waals surface area (Å²) < 4.78 is 59.5. The second-order valence-corrected chi connectivity index (χ2v) is 11.3. The molecule has 14 heteroatoms. The summed E-state index contributed by atoms with van der Waals surface area (Å²) in [5.41, 5.74) is -0.698. The van der Waals surface area contributed by atoms with Crippen LogP contribution < -0.4 is 25.1 Å². The summed E-state index contributed by atoms with van der Waals surface area (Å²) in [6.07, 6.45) is 0.175. The highest BCUT2D eigenvalue weighted by Gasteiger charge is 2.23. The van der Waals surface area contributed by atoms with E-state index in [4.69, 9.17) is 13.9 Å². The van der Waals surface area contributed by atoms with E-state index in [0.717, 1.165) is 0 Å². The summed E-state index contributed by atoms with van der Waals surface area (Å²) in [4.78, 5) is 39.6. The molecule has 1 aliphatic rings. The van der Waals surface area contributed by atoms with Gasteiger partial charge in [0.25, 0.3) is 10.2 Å². The lowest BCUT2D eigenvalue weighted by atomic mass is 9.95. The first kappa shape index (κ1) is 30.0. The van der Waals surface area contributed by atoms with Gasteiger partial charge >= 0.3 is 11.7 Å². The minimum atomic E-state index is -4.00. The molecule has 3 N–H and O–H groups in total. The summed E-state index contributed by atoms with van der Waals surface area (Å²) in [5, 5.41) is 3.36. The van der Waals surface area contributed by atoms with Crippen molar-refractivity contribution in [1.29, 1.82) is 0 Å². The number of rotatable bonds is 9. The molecule has 2 amide bonds. The standard InChI is InChI=1S/C27H31FN4O8S/c1-29-41(36,37)31-22-6-4-5-16(25(22)28)13-21-20(15-24(33)30-17-9-11-38-12-10-17)19-8-7-18(39-27(35)32(2)3)14-23(19)40-26(21)34/h4-8,14,17,29,31H,9-13,15H2,1-3H3,(H,30,33). The minimum Gasteiger partial charge on any atom is -0.422 e. The molecule has 1 saturated heterocycles. The first-order valence-corrected chi connectivity index (χ1v) is 14.3. The van der Waals surface area contributed by atoms with E-state index in [9.17, 15) is 22.8 Å². The van der Waals surface area contributed by atoms with Crippen LogP contribution in [0.2, 0.25) is 0 Å². The zero-order chi connectivity index (χ0) is 29.7. The fraction of sp³-hybridized carbons (Fsp3) is 0.370. The quantitative estimate of drug-likeness (QED) is 0.321. The molecule has 41 heavy (non-hydrogen) atoms. The SMILES string of the molecule is CNS(=O)(=O)Nc1cccc(Cc2c(CC(=O)NC3CCOCC3)c3ccc(OC(=O)N(C)C)cc3oc2=O)c1F. The van der Waals surface area contributed by atoms with Gasteiger partial charge in [-0.05, 0) is 42.2 Å². The Bertz CT molecular complexity index is 1620. The normalized spacial score (nSPS) is 14.0. The van der Waals surface area contributed by atoms with Gasteiger partial charge < -0.3 is 24.1 Å². The number of ether oxygens (including phenoxy) is 2. The highest BCUT2D eigenvalue weighted by atomic mass is 32.2. The van der Waals surface area contributed by atoms with E-state index in [-0.39, 0.29) is 52.9 Å². The maximum atomic E-state index is 15.4. The maximum Gasteiger partial charge on any atom is 0.414 e. The number of benzene rings is 2. The van der Waals surface area contributed by atoms with Crippen LogP contribution in [0.3, 0.4) is 0 Å². The zero-order valence-corrected chi connectivity index (χ0v) is 23.6. The fourth-order valence-corrected chi connectivity index (χ4v) is 4.93. The van der Waals surface area contributed by atoms with Crippen LogP contribution in [0.5, 0.6) is 5.75 Å². The predicted octanol–water partition coefficient (Wildman–Crippen LogP) is 2.30. The van der Waals surface area contributed by atoms with Crippen molar-refractivity contribution in [2.24, 2.45) is 0 Å². The third-order valence-electron chi connectivity index (χ3n) is 6.54. The van der Waals surface area contributed by atoms with E-state index in [1.807, 2.05) is 4.72 Å². The fourth-order valence-electron chi connectivity index (χ4n) is 4.38. The Morgan fingerprint density at radius 1 is 1.12 bits per heavy atom. The van der Waals surface area contributed by atoms with Crippen LogP contribution in [0.4, 0.5) is 14.9 Å². The van der Waals surface area contributed by atoms with Gasteiger partial charge in [-0.15, -0.1) is 0 Å². The highest BCUT2D eigenvalue weighted by molar-refractivity contribution is 7.90. The molecule has 1 fully saturated rings. The number of hydrogen-bond donors (Lipinski definition) is 3. The topological polar surface area (TPSA) is 156 Å². The summed E-state index contributed by atoms with van der Waals surface area (Å²) in [6, 6.07) is 8.44. The number of nitrogens with zero attached hydrogens (tertiary/aromatic N) is 1. The monoisotopic (exact) mass is 590 g/mol. The second-order valence-electron chi connectivity index (χ2n) is 9.66. The van der Waals surface area contributed by atoms with Gasteiger partial charge in [0, 0.05) is 63.8 Å². The van der Waals surface area contributed by atoms with Gasteiger partial charge in [-0.3, -0.25) is 9.52 Å². The molecule has 0 atom stereocenters. The van der Waals surface area contributed by atoms with Crippen LogP contribution in [0.15, 0.2) is 45.6 Å². The number of fused-ring (bicyclic) bond motifs is 1. The van der Waals surface area contributed by atoms with Crippen molar-refractivity contribution in [3.8, 4) is 5.75 Å². The highest BCUT2D eigenvalue weighted by Crippen LogP contribution is 2.28. The number of hydrogen-bond acceptors (Lipinski definition) is 8. The van der Waals surface area contributed by atoms with Crippen molar-refractivity contribution in [3.05, 3.63) is 69.3 Å². The molecule has 220 valence electrons. The van der Waals surface area contributed by atoms with Crippen molar-refractivity contribution in [1.82, 2.24) is 14.9 Å². The molecule has 4 rings (SSSR count). The third kappa shape index (κ3) is 7.39. The molecule has 0 spiro atoms. The number of halogens is 1. The molecule has 1 aromatic heterocycles. The van der Waals surface area contributed by atoms with Crippen LogP contribution in [0.1, 0.15) is 29.5 Å². The van der Waals surface area contributed by atoms with E-state index in [1.165, 1.54) is 56.4 Å². The van der Waals surface area contributed by atoms with E-state index in [2.05, 4.69) is 10.0 Å². The Kier molecular flexibility index (Phi) is 9.25. The van der Waals surface area contributed by atoms with Crippen molar-refractivity contribution in [2.45, 2.75) is 31.7 Å². The summed E-state index contributed by atoms with van der Waals surface area (Å²) in [7, 11) is 0.210. The molecule has 0 radical (unpaired) electrons. The van der Waals surface area contributed by atoms with E-state index >= 15 is 4.39 Å². The van der Waals surface area contributed by atoms with Gasteiger partial charge in [-0.1, -0.05) is 12.1 Å². The molecular formula is C27H31FN4O8S. The van der Waals surface area contributed by atoms with Gasteiger partial charge in [0.2, 0.25) is 5.91 Å². The van der Waals surface area contributed by atoms with Gasteiger partial charge in [-0.2, -0.15) is 8.42 Å². The number of amides is 2. The molecule has 1 aliphatic heterocycles. The van der Waals surface area contributed by atoms with Crippen LogP contribution in [0, 0.1) is 5.82 Å². The lowest BCUT2D eigenvalue weighted by molar-refractivity contribution is -0.121. The number of nitrogens with one attached hydrogen (secondary N) is 3. The Hall–Kier alpha value is -4.01. The molecule has 0 bridgehead atoms. The average Bonchev–Trinajstić information content (AvgIpc) is 2.92. The Balaban J connectivity index is 1.75. The number of carbonyl (C=O) groups is 2. The molecule has 2 aromatic carbocycles. The Morgan fingerprint density at radius 2 is 1.85 bits per heavy atom. The van der Waals surface area contributed by atoms with Crippen LogP contribution >= 0.6 is 0 Å². The summed E-state index contributed by atoms with van der Waals surface area (Å²) in [5.74, 6) is -1.10. The van der Waals surface area contributed by atoms with Crippen molar-refractivity contribution < 1.29 is 36.3 Å². The van der Waals surface area contributed by atoms with Crippen LogP contribution in [-0.4, -0.2) is 65.7 Å². The van der Waals surface area contributed by atoms with Gasteiger partial charge in [0.15, 0.2) is 5.82 Å². The lowest BCUT2D eigenvalue weighted by Crippen LogP contribution is -2.40. The Labute approximate surface area is 236 Å². The number of carbonyl (C=O) groups excluding carboxylic acids is 2.